The molecule has 0 spiro atoms. The van der Waals surface area contributed by atoms with Crippen LogP contribution in [-0.4, -0.2) is 22.1 Å². The molecule has 1 rings (SSSR count). The molecule has 4 nitrogen and oxygen atoms in total. The SMILES string of the molecule is CC(C)CC(C)Nc1cc(C(=O)O)c(Cl)cn1. The summed E-state index contributed by atoms with van der Waals surface area (Å²) in [5.41, 5.74) is 0.0703. The number of halogens is 1. The molecule has 0 fully saturated rings. The highest BCUT2D eigenvalue weighted by Crippen LogP contribution is 2.19. The Labute approximate surface area is 106 Å². The molecule has 94 valence electrons. The number of pyridine rings is 1. The van der Waals surface area contributed by atoms with Crippen molar-refractivity contribution < 1.29 is 9.90 Å². The summed E-state index contributed by atoms with van der Waals surface area (Å²) in [5.74, 6) is 0.0701. The van der Waals surface area contributed by atoms with Crippen LogP contribution in [-0.2, 0) is 0 Å². The largest absolute Gasteiger partial charge is 0.478 e. The molecule has 1 atom stereocenters. The van der Waals surface area contributed by atoms with Crippen molar-refractivity contribution in [3.05, 3.63) is 22.8 Å². The summed E-state index contributed by atoms with van der Waals surface area (Å²) in [4.78, 5) is 15.0. The van der Waals surface area contributed by atoms with Gasteiger partial charge in [-0.15, -0.1) is 0 Å². The highest BCUT2D eigenvalue weighted by Gasteiger charge is 2.12. The van der Waals surface area contributed by atoms with Gasteiger partial charge in [-0.05, 0) is 25.3 Å². The summed E-state index contributed by atoms with van der Waals surface area (Å²) in [6, 6.07) is 1.70. The summed E-state index contributed by atoms with van der Waals surface area (Å²) in [7, 11) is 0. The van der Waals surface area contributed by atoms with E-state index < -0.39 is 5.97 Å². The molecule has 2 N–H and O–H groups in total. The quantitative estimate of drug-likeness (QED) is 0.849. The van der Waals surface area contributed by atoms with Crippen molar-refractivity contribution in [2.24, 2.45) is 5.92 Å². The van der Waals surface area contributed by atoms with Crippen molar-refractivity contribution in [2.45, 2.75) is 33.2 Å². The summed E-state index contributed by atoms with van der Waals surface area (Å²) in [6.07, 6.45) is 2.35. The minimum absolute atomic E-state index is 0.0703. The van der Waals surface area contributed by atoms with Crippen LogP contribution in [0.2, 0.25) is 5.02 Å². The molecule has 0 aliphatic rings. The van der Waals surface area contributed by atoms with E-state index in [1.54, 1.807) is 0 Å². The second-order valence-corrected chi connectivity index (χ2v) is 4.94. The van der Waals surface area contributed by atoms with Gasteiger partial charge >= 0.3 is 5.97 Å². The Balaban J connectivity index is 2.79. The minimum atomic E-state index is -1.04. The molecule has 17 heavy (non-hydrogen) atoms. The van der Waals surface area contributed by atoms with E-state index in [2.05, 4.69) is 24.1 Å². The van der Waals surface area contributed by atoms with E-state index in [9.17, 15) is 4.79 Å². The van der Waals surface area contributed by atoms with E-state index >= 15 is 0 Å². The van der Waals surface area contributed by atoms with Gasteiger partial charge < -0.3 is 10.4 Å². The van der Waals surface area contributed by atoms with Crippen molar-refractivity contribution in [3.8, 4) is 0 Å². The van der Waals surface area contributed by atoms with Gasteiger partial charge in [-0.25, -0.2) is 9.78 Å². The zero-order valence-electron chi connectivity index (χ0n) is 10.2. The van der Waals surface area contributed by atoms with Gasteiger partial charge in [-0.2, -0.15) is 0 Å². The molecular formula is C12H17ClN2O2. The number of rotatable bonds is 5. The van der Waals surface area contributed by atoms with Crippen LogP contribution in [0.3, 0.4) is 0 Å². The number of hydrogen-bond donors (Lipinski definition) is 2. The first-order chi connectivity index (χ1) is 7.90. The highest BCUT2D eigenvalue weighted by atomic mass is 35.5. The Kier molecular flexibility index (Phi) is 4.75. The molecule has 5 heteroatoms. The first-order valence-corrected chi connectivity index (χ1v) is 5.93. The average molecular weight is 257 g/mol. The third-order valence-corrected chi connectivity index (χ3v) is 2.61. The van der Waals surface area contributed by atoms with Crippen molar-refractivity contribution in [1.82, 2.24) is 4.98 Å². The predicted molar refractivity (Wildman–Crippen MR) is 68.7 cm³/mol. The monoisotopic (exact) mass is 256 g/mol. The molecule has 0 aliphatic carbocycles. The van der Waals surface area contributed by atoms with Gasteiger partial charge in [0.1, 0.15) is 5.82 Å². The summed E-state index contributed by atoms with van der Waals surface area (Å²) in [6.45, 7) is 6.31. The molecule has 0 aromatic carbocycles. The van der Waals surface area contributed by atoms with Crippen LogP contribution in [0, 0.1) is 5.92 Å². The average Bonchev–Trinajstić information content (AvgIpc) is 2.19. The number of carboxylic acids is 1. The van der Waals surface area contributed by atoms with Crippen molar-refractivity contribution in [3.63, 3.8) is 0 Å². The third kappa shape index (κ3) is 4.23. The van der Waals surface area contributed by atoms with Gasteiger partial charge in [0.05, 0.1) is 10.6 Å². The van der Waals surface area contributed by atoms with E-state index in [1.807, 2.05) is 6.92 Å². The van der Waals surface area contributed by atoms with Crippen LogP contribution >= 0.6 is 11.6 Å². The van der Waals surface area contributed by atoms with Crippen molar-refractivity contribution >= 4 is 23.4 Å². The standard InChI is InChI=1S/C12H17ClN2O2/c1-7(2)4-8(3)15-11-5-9(12(16)17)10(13)6-14-11/h5-8H,4H2,1-3H3,(H,14,15)(H,16,17). The molecule has 1 aromatic heterocycles. The molecular weight excluding hydrogens is 240 g/mol. The molecule has 0 amide bonds. The number of nitrogens with one attached hydrogen (secondary N) is 1. The second kappa shape index (κ2) is 5.87. The summed E-state index contributed by atoms with van der Waals surface area (Å²) >= 11 is 5.74. The van der Waals surface area contributed by atoms with Crippen LogP contribution in [0.1, 0.15) is 37.6 Å². The lowest BCUT2D eigenvalue weighted by Crippen LogP contribution is -2.18. The molecule has 1 aromatic rings. The zero-order chi connectivity index (χ0) is 13.0. The predicted octanol–water partition coefficient (Wildman–Crippen LogP) is 3.28. The number of aromatic nitrogens is 1. The second-order valence-electron chi connectivity index (χ2n) is 4.53. The Morgan fingerprint density at radius 1 is 1.53 bits per heavy atom. The zero-order valence-corrected chi connectivity index (χ0v) is 11.0. The topological polar surface area (TPSA) is 62.2 Å². The summed E-state index contributed by atoms with van der Waals surface area (Å²) < 4.78 is 0. The smallest absolute Gasteiger partial charge is 0.337 e. The maximum absolute atomic E-state index is 10.9. The van der Waals surface area contributed by atoms with Crippen LogP contribution in [0.4, 0.5) is 5.82 Å². The summed E-state index contributed by atoms with van der Waals surface area (Å²) in [5, 5.41) is 12.2. The Hall–Kier alpha value is -1.29. The number of carboxylic acid groups (broad SMARTS) is 1. The van der Waals surface area contributed by atoms with Crippen LogP contribution in [0.5, 0.6) is 0 Å². The fourth-order valence-electron chi connectivity index (χ4n) is 1.70. The lowest BCUT2D eigenvalue weighted by atomic mass is 10.1. The Bertz CT molecular complexity index is 407. The van der Waals surface area contributed by atoms with E-state index in [4.69, 9.17) is 16.7 Å². The van der Waals surface area contributed by atoms with Crippen LogP contribution in [0.25, 0.3) is 0 Å². The normalized spacial score (nSPS) is 12.5. The maximum atomic E-state index is 10.9. The van der Waals surface area contributed by atoms with Gasteiger partial charge in [-0.1, -0.05) is 25.4 Å². The Morgan fingerprint density at radius 2 is 2.18 bits per heavy atom. The molecule has 0 saturated carbocycles. The Morgan fingerprint density at radius 3 is 2.71 bits per heavy atom. The number of hydrogen-bond acceptors (Lipinski definition) is 3. The van der Waals surface area contributed by atoms with Gasteiger partial charge in [0, 0.05) is 12.2 Å². The lowest BCUT2D eigenvalue weighted by Gasteiger charge is -2.16. The van der Waals surface area contributed by atoms with Crippen molar-refractivity contribution in [1.29, 1.82) is 0 Å². The van der Waals surface area contributed by atoms with E-state index in [1.165, 1.54) is 12.3 Å². The molecule has 0 aliphatic heterocycles. The fourth-order valence-corrected chi connectivity index (χ4v) is 1.88. The molecule has 1 unspecified atom stereocenters. The van der Waals surface area contributed by atoms with Gasteiger partial charge in [0.25, 0.3) is 0 Å². The van der Waals surface area contributed by atoms with E-state index in [0.29, 0.717) is 11.7 Å². The first-order valence-electron chi connectivity index (χ1n) is 5.55. The molecule has 0 saturated heterocycles. The van der Waals surface area contributed by atoms with Crippen LogP contribution < -0.4 is 5.32 Å². The van der Waals surface area contributed by atoms with Crippen LogP contribution in [0.15, 0.2) is 12.3 Å². The maximum Gasteiger partial charge on any atom is 0.337 e. The number of aromatic carboxylic acids is 1. The van der Waals surface area contributed by atoms with Gasteiger partial charge in [0.2, 0.25) is 0 Å². The first kappa shape index (κ1) is 13.8. The van der Waals surface area contributed by atoms with Gasteiger partial charge in [-0.3, -0.25) is 0 Å². The minimum Gasteiger partial charge on any atom is -0.478 e. The van der Waals surface area contributed by atoms with E-state index in [-0.39, 0.29) is 16.6 Å². The van der Waals surface area contributed by atoms with Crippen molar-refractivity contribution in [2.75, 3.05) is 5.32 Å². The third-order valence-electron chi connectivity index (χ3n) is 2.30. The van der Waals surface area contributed by atoms with E-state index in [0.717, 1.165) is 6.42 Å². The number of anilines is 1. The highest BCUT2D eigenvalue weighted by molar-refractivity contribution is 6.33. The number of nitrogens with zero attached hydrogens (tertiary/aromatic N) is 1. The molecule has 1 heterocycles. The molecule has 0 radical (unpaired) electrons. The lowest BCUT2D eigenvalue weighted by molar-refractivity contribution is 0.0697. The van der Waals surface area contributed by atoms with Gasteiger partial charge in [0.15, 0.2) is 0 Å². The number of carbonyl (C=O) groups is 1. The fraction of sp³-hybridized carbons (Fsp3) is 0.500. The molecule has 0 bridgehead atoms.